The van der Waals surface area contributed by atoms with E-state index in [-0.39, 0.29) is 0 Å². The maximum absolute atomic E-state index is 3.99. The lowest BCUT2D eigenvalue weighted by Gasteiger charge is -1.81. The van der Waals surface area contributed by atoms with Crippen LogP contribution in [-0.2, 0) is 0 Å². The maximum atomic E-state index is 3.99. The van der Waals surface area contributed by atoms with E-state index in [9.17, 15) is 0 Å². The number of hydrogen-bond donors (Lipinski definition) is 0. The van der Waals surface area contributed by atoms with Gasteiger partial charge in [0, 0.05) is 45.0 Å². The predicted molar refractivity (Wildman–Crippen MR) is 79.2 cm³/mol. The van der Waals surface area contributed by atoms with Gasteiger partial charge in [-0.1, -0.05) is 0 Å². The zero-order valence-corrected chi connectivity index (χ0v) is 11.1. The third kappa shape index (κ3) is 2.39. The third-order valence-corrected chi connectivity index (χ3v) is 4.30. The molecule has 0 atom stereocenters. The highest BCUT2D eigenvalue weighted by atomic mass is 32.1. The van der Waals surface area contributed by atoms with E-state index in [4.69, 9.17) is 0 Å². The van der Waals surface area contributed by atoms with Crippen molar-refractivity contribution in [2.75, 3.05) is 0 Å². The van der Waals surface area contributed by atoms with Crippen LogP contribution in [0.15, 0.2) is 59.8 Å². The van der Waals surface area contributed by atoms with Crippen molar-refractivity contribution >= 4 is 42.8 Å². The molecule has 0 saturated heterocycles. The summed E-state index contributed by atoms with van der Waals surface area (Å²) in [5.74, 6) is 0. The lowest BCUT2D eigenvalue weighted by molar-refractivity contribution is 1.37. The van der Waals surface area contributed by atoms with Crippen molar-refractivity contribution in [3.63, 3.8) is 0 Å². The Labute approximate surface area is 113 Å². The minimum Gasteiger partial charge on any atom is -0.264 e. The second-order valence-electron chi connectivity index (χ2n) is 3.67. The van der Waals surface area contributed by atoms with Gasteiger partial charge in [0.1, 0.15) is 0 Å². The number of fused-ring (bicyclic) bond motifs is 2. The van der Waals surface area contributed by atoms with Gasteiger partial charge in [-0.15, -0.1) is 22.7 Å². The van der Waals surface area contributed by atoms with E-state index in [0.717, 1.165) is 0 Å². The number of nitrogens with zero attached hydrogens (tertiary/aromatic N) is 2. The Morgan fingerprint density at radius 1 is 0.667 bits per heavy atom. The lowest BCUT2D eigenvalue weighted by atomic mass is 10.4. The first-order valence-electron chi connectivity index (χ1n) is 5.48. The normalized spacial score (nSPS) is 10.2. The molecule has 0 aliphatic carbocycles. The average molecular weight is 270 g/mol. The fourth-order valence-corrected chi connectivity index (χ4v) is 3.13. The molecule has 4 heteroatoms. The number of thiophene rings is 2. The highest BCUT2D eigenvalue weighted by Gasteiger charge is 1.89. The highest BCUT2D eigenvalue weighted by Crippen LogP contribution is 2.18. The Bertz CT molecular complexity index is 632. The summed E-state index contributed by atoms with van der Waals surface area (Å²) >= 11 is 3.49. The Kier molecular flexibility index (Phi) is 3.30. The van der Waals surface area contributed by atoms with Crippen LogP contribution in [-0.4, -0.2) is 9.97 Å². The van der Waals surface area contributed by atoms with Crippen LogP contribution < -0.4 is 0 Å². The smallest absolute Gasteiger partial charge is 0.0373 e. The number of aromatic nitrogens is 2. The van der Waals surface area contributed by atoms with Gasteiger partial charge in [-0.25, -0.2) is 0 Å². The zero-order chi connectivity index (χ0) is 12.2. The van der Waals surface area contributed by atoms with Gasteiger partial charge in [0.25, 0.3) is 0 Å². The highest BCUT2D eigenvalue weighted by molar-refractivity contribution is 7.17. The summed E-state index contributed by atoms with van der Waals surface area (Å²) in [5.41, 5.74) is 0. The first kappa shape index (κ1) is 11.3. The van der Waals surface area contributed by atoms with E-state index in [0.29, 0.717) is 0 Å². The minimum absolute atomic E-state index is 1.24. The molecule has 0 bridgehead atoms. The monoisotopic (exact) mass is 270 g/mol. The second kappa shape index (κ2) is 5.25. The largest absolute Gasteiger partial charge is 0.264 e. The van der Waals surface area contributed by atoms with Crippen LogP contribution in [0, 0.1) is 0 Å². The van der Waals surface area contributed by atoms with E-state index in [1.54, 1.807) is 22.7 Å². The quantitative estimate of drug-likeness (QED) is 0.467. The predicted octanol–water partition coefficient (Wildman–Crippen LogP) is 4.59. The molecule has 0 aliphatic heterocycles. The molecule has 0 spiro atoms. The van der Waals surface area contributed by atoms with Crippen molar-refractivity contribution in [3.05, 3.63) is 59.8 Å². The summed E-state index contributed by atoms with van der Waals surface area (Å²) in [5, 5.41) is 6.63. The number of pyridine rings is 2. The van der Waals surface area contributed by atoms with Crippen LogP contribution >= 0.6 is 22.7 Å². The molecule has 88 valence electrons. The van der Waals surface area contributed by atoms with E-state index in [1.807, 2.05) is 36.9 Å². The fourth-order valence-electron chi connectivity index (χ4n) is 1.61. The molecule has 0 amide bonds. The molecule has 4 rings (SSSR count). The standard InChI is InChI=1S/2C7H5NS/c2*1-3-8-5-6-2-4-9-7(1)6/h2*1-5H. The summed E-state index contributed by atoms with van der Waals surface area (Å²) in [6.07, 6.45) is 7.40. The molecule has 4 aromatic heterocycles. The van der Waals surface area contributed by atoms with Crippen molar-refractivity contribution < 1.29 is 0 Å². The number of rotatable bonds is 0. The van der Waals surface area contributed by atoms with Crippen molar-refractivity contribution in [1.29, 1.82) is 0 Å². The van der Waals surface area contributed by atoms with E-state index >= 15 is 0 Å². The Morgan fingerprint density at radius 3 is 1.61 bits per heavy atom. The van der Waals surface area contributed by atoms with Crippen LogP contribution in [0.5, 0.6) is 0 Å². The van der Waals surface area contributed by atoms with Crippen molar-refractivity contribution in [3.8, 4) is 0 Å². The van der Waals surface area contributed by atoms with Crippen LogP contribution in [0.25, 0.3) is 20.2 Å². The van der Waals surface area contributed by atoms with Gasteiger partial charge in [-0.2, -0.15) is 0 Å². The van der Waals surface area contributed by atoms with E-state index in [2.05, 4.69) is 32.9 Å². The summed E-state index contributed by atoms with van der Waals surface area (Å²) in [6, 6.07) is 8.21. The van der Waals surface area contributed by atoms with Gasteiger partial charge in [0.05, 0.1) is 0 Å². The minimum atomic E-state index is 1.24. The first-order valence-corrected chi connectivity index (χ1v) is 7.24. The molecule has 0 saturated carbocycles. The van der Waals surface area contributed by atoms with E-state index in [1.165, 1.54) is 20.2 Å². The maximum Gasteiger partial charge on any atom is 0.0373 e. The molecule has 0 aromatic carbocycles. The SMILES string of the molecule is c1cc2sccc2cn1.c1cc2sccc2cn1. The molecule has 4 aromatic rings. The lowest BCUT2D eigenvalue weighted by Crippen LogP contribution is -1.64. The first-order chi connectivity index (χ1) is 8.93. The van der Waals surface area contributed by atoms with Gasteiger partial charge in [0.2, 0.25) is 0 Å². The van der Waals surface area contributed by atoms with Gasteiger partial charge >= 0.3 is 0 Å². The van der Waals surface area contributed by atoms with Crippen LogP contribution in [0.3, 0.4) is 0 Å². The molecular weight excluding hydrogens is 260 g/mol. The topological polar surface area (TPSA) is 25.8 Å². The summed E-state index contributed by atoms with van der Waals surface area (Å²) < 4.78 is 2.62. The molecule has 2 nitrogen and oxygen atoms in total. The Hall–Kier alpha value is -1.78. The van der Waals surface area contributed by atoms with Crippen LogP contribution in [0.4, 0.5) is 0 Å². The molecule has 0 radical (unpaired) electrons. The summed E-state index contributed by atoms with van der Waals surface area (Å²) in [6.45, 7) is 0. The van der Waals surface area contributed by atoms with Gasteiger partial charge in [-0.3, -0.25) is 9.97 Å². The Morgan fingerprint density at radius 2 is 1.17 bits per heavy atom. The Balaban J connectivity index is 0.000000111. The number of hydrogen-bond acceptors (Lipinski definition) is 4. The summed E-state index contributed by atoms with van der Waals surface area (Å²) in [4.78, 5) is 7.98. The van der Waals surface area contributed by atoms with Gasteiger partial charge in [0.15, 0.2) is 0 Å². The van der Waals surface area contributed by atoms with E-state index < -0.39 is 0 Å². The molecular formula is C14H10N2S2. The molecule has 0 N–H and O–H groups in total. The van der Waals surface area contributed by atoms with Crippen molar-refractivity contribution in [2.24, 2.45) is 0 Å². The van der Waals surface area contributed by atoms with Crippen molar-refractivity contribution in [2.45, 2.75) is 0 Å². The van der Waals surface area contributed by atoms with Gasteiger partial charge in [-0.05, 0) is 35.0 Å². The van der Waals surface area contributed by atoms with Crippen LogP contribution in [0.1, 0.15) is 0 Å². The molecule has 4 heterocycles. The van der Waals surface area contributed by atoms with Gasteiger partial charge < -0.3 is 0 Å². The molecule has 0 unspecified atom stereocenters. The molecule has 0 fully saturated rings. The summed E-state index contributed by atoms with van der Waals surface area (Å²) in [7, 11) is 0. The average Bonchev–Trinajstić information content (AvgIpc) is 3.08. The fraction of sp³-hybridized carbons (Fsp3) is 0. The zero-order valence-electron chi connectivity index (χ0n) is 9.48. The second-order valence-corrected chi connectivity index (χ2v) is 5.56. The van der Waals surface area contributed by atoms with Crippen LogP contribution in [0.2, 0.25) is 0 Å². The molecule has 0 aliphatic rings. The van der Waals surface area contributed by atoms with Crippen molar-refractivity contribution in [1.82, 2.24) is 9.97 Å². The third-order valence-electron chi connectivity index (χ3n) is 2.51. The molecule has 18 heavy (non-hydrogen) atoms.